The molecule has 0 unspecified atom stereocenters. The van der Waals surface area contributed by atoms with Crippen LogP contribution in [-0.2, 0) is 16.0 Å². The van der Waals surface area contributed by atoms with Gasteiger partial charge in [-0.1, -0.05) is 31.4 Å². The SMILES string of the molecule is O=C(NC1CCN(C(=O)CCc2ncc(-c3ccccc3F)o2)CC1)C1CCCCC1. The molecule has 1 aliphatic heterocycles. The van der Waals surface area contributed by atoms with Gasteiger partial charge in [-0.2, -0.15) is 0 Å². The highest BCUT2D eigenvalue weighted by atomic mass is 19.1. The van der Waals surface area contributed by atoms with Crippen molar-refractivity contribution in [2.24, 2.45) is 5.92 Å². The zero-order valence-corrected chi connectivity index (χ0v) is 17.8. The first kappa shape index (κ1) is 21.5. The van der Waals surface area contributed by atoms with Gasteiger partial charge in [0.25, 0.3) is 0 Å². The molecule has 31 heavy (non-hydrogen) atoms. The van der Waals surface area contributed by atoms with Crippen LogP contribution in [0, 0.1) is 11.7 Å². The average molecular weight is 428 g/mol. The van der Waals surface area contributed by atoms with Gasteiger partial charge in [-0.05, 0) is 37.8 Å². The summed E-state index contributed by atoms with van der Waals surface area (Å²) < 4.78 is 19.5. The number of halogens is 1. The third-order valence-electron chi connectivity index (χ3n) is 6.42. The van der Waals surface area contributed by atoms with Crippen molar-refractivity contribution >= 4 is 11.8 Å². The van der Waals surface area contributed by atoms with Crippen LogP contribution in [-0.4, -0.2) is 40.8 Å². The molecule has 1 aromatic heterocycles. The van der Waals surface area contributed by atoms with E-state index in [2.05, 4.69) is 10.3 Å². The molecule has 2 fully saturated rings. The molecule has 1 aromatic carbocycles. The van der Waals surface area contributed by atoms with Crippen LogP contribution in [0.15, 0.2) is 34.9 Å². The number of likely N-dealkylation sites (tertiary alicyclic amines) is 1. The number of oxazole rings is 1. The Morgan fingerprint density at radius 2 is 1.84 bits per heavy atom. The molecule has 0 radical (unpaired) electrons. The molecule has 0 spiro atoms. The molecule has 2 aromatic rings. The van der Waals surface area contributed by atoms with Crippen LogP contribution in [0.25, 0.3) is 11.3 Å². The van der Waals surface area contributed by atoms with E-state index in [1.165, 1.54) is 18.7 Å². The topological polar surface area (TPSA) is 75.4 Å². The number of hydrogen-bond donors (Lipinski definition) is 1. The molecule has 2 amide bonds. The van der Waals surface area contributed by atoms with E-state index in [1.54, 1.807) is 18.2 Å². The van der Waals surface area contributed by atoms with Gasteiger partial charge in [-0.15, -0.1) is 0 Å². The molecule has 1 aliphatic carbocycles. The fourth-order valence-electron chi connectivity index (χ4n) is 4.54. The lowest BCUT2D eigenvalue weighted by Crippen LogP contribution is -2.48. The summed E-state index contributed by atoms with van der Waals surface area (Å²) in [5.41, 5.74) is 0.366. The Hall–Kier alpha value is -2.70. The molecule has 2 heterocycles. The summed E-state index contributed by atoms with van der Waals surface area (Å²) in [4.78, 5) is 31.1. The minimum Gasteiger partial charge on any atom is -0.441 e. The number of piperidine rings is 1. The summed E-state index contributed by atoms with van der Waals surface area (Å²) in [6.45, 7) is 1.31. The number of nitrogens with one attached hydrogen (secondary N) is 1. The predicted molar refractivity (Wildman–Crippen MR) is 115 cm³/mol. The Kier molecular flexibility index (Phi) is 6.99. The first-order valence-corrected chi connectivity index (χ1v) is 11.4. The van der Waals surface area contributed by atoms with E-state index >= 15 is 0 Å². The molecule has 1 saturated carbocycles. The van der Waals surface area contributed by atoms with E-state index in [-0.39, 0.29) is 29.6 Å². The number of hydrogen-bond acceptors (Lipinski definition) is 4. The summed E-state index contributed by atoms with van der Waals surface area (Å²) in [6.07, 6.45) is 9.31. The predicted octanol–water partition coefficient (Wildman–Crippen LogP) is 4.10. The monoisotopic (exact) mass is 427 g/mol. The van der Waals surface area contributed by atoms with Crippen molar-refractivity contribution in [2.45, 2.75) is 63.8 Å². The number of amides is 2. The van der Waals surface area contributed by atoms with Crippen LogP contribution in [0.1, 0.15) is 57.3 Å². The van der Waals surface area contributed by atoms with Crippen LogP contribution >= 0.6 is 0 Å². The molecule has 0 bridgehead atoms. The molecular formula is C24H30FN3O3. The van der Waals surface area contributed by atoms with Crippen molar-refractivity contribution in [3.05, 3.63) is 42.2 Å². The Labute approximate surface area is 182 Å². The van der Waals surface area contributed by atoms with Crippen LogP contribution in [0.3, 0.4) is 0 Å². The van der Waals surface area contributed by atoms with Gasteiger partial charge < -0.3 is 14.6 Å². The van der Waals surface area contributed by atoms with Gasteiger partial charge >= 0.3 is 0 Å². The first-order chi connectivity index (χ1) is 15.1. The Morgan fingerprint density at radius 1 is 1.10 bits per heavy atom. The van der Waals surface area contributed by atoms with Crippen molar-refractivity contribution in [3.8, 4) is 11.3 Å². The van der Waals surface area contributed by atoms with Crippen LogP contribution in [0.5, 0.6) is 0 Å². The highest BCUT2D eigenvalue weighted by Crippen LogP contribution is 2.25. The van der Waals surface area contributed by atoms with Gasteiger partial charge in [0.2, 0.25) is 11.8 Å². The number of aromatic nitrogens is 1. The summed E-state index contributed by atoms with van der Waals surface area (Å²) in [5.74, 6) is 0.862. The zero-order valence-electron chi connectivity index (χ0n) is 17.8. The quantitative estimate of drug-likeness (QED) is 0.753. The smallest absolute Gasteiger partial charge is 0.223 e. The van der Waals surface area contributed by atoms with E-state index in [1.807, 2.05) is 4.90 Å². The van der Waals surface area contributed by atoms with Crippen molar-refractivity contribution in [3.63, 3.8) is 0 Å². The standard InChI is InChI=1S/C24H30FN3O3/c25-20-9-5-4-8-19(20)21-16-26-22(31-21)10-11-23(29)28-14-12-18(13-15-28)27-24(30)17-6-2-1-3-7-17/h4-5,8-9,16-18H,1-3,6-7,10-15H2,(H,27,30). The normalized spacial score (nSPS) is 18.2. The molecule has 2 aliphatic rings. The largest absolute Gasteiger partial charge is 0.441 e. The zero-order chi connectivity index (χ0) is 21.6. The van der Waals surface area contributed by atoms with Crippen LogP contribution < -0.4 is 5.32 Å². The van der Waals surface area contributed by atoms with E-state index in [9.17, 15) is 14.0 Å². The minimum atomic E-state index is -0.361. The van der Waals surface area contributed by atoms with E-state index < -0.39 is 0 Å². The second kappa shape index (κ2) is 10.1. The Bertz CT molecular complexity index is 899. The van der Waals surface area contributed by atoms with Crippen molar-refractivity contribution in [2.75, 3.05) is 13.1 Å². The number of benzene rings is 1. The second-order valence-electron chi connectivity index (χ2n) is 8.60. The maximum Gasteiger partial charge on any atom is 0.223 e. The van der Waals surface area contributed by atoms with Crippen molar-refractivity contribution in [1.29, 1.82) is 0 Å². The van der Waals surface area contributed by atoms with E-state index in [0.717, 1.165) is 38.5 Å². The molecule has 1 N–H and O–H groups in total. The molecule has 1 saturated heterocycles. The van der Waals surface area contributed by atoms with Gasteiger partial charge in [0.05, 0.1) is 11.8 Å². The van der Waals surface area contributed by atoms with Crippen molar-refractivity contribution in [1.82, 2.24) is 15.2 Å². The lowest BCUT2D eigenvalue weighted by molar-refractivity contribution is -0.132. The second-order valence-corrected chi connectivity index (χ2v) is 8.60. The molecule has 7 heteroatoms. The fourth-order valence-corrected chi connectivity index (χ4v) is 4.54. The first-order valence-electron chi connectivity index (χ1n) is 11.4. The van der Waals surface area contributed by atoms with Gasteiger partial charge in [0, 0.05) is 37.9 Å². The Morgan fingerprint density at radius 3 is 2.58 bits per heavy atom. The van der Waals surface area contributed by atoms with Gasteiger partial charge in [-0.25, -0.2) is 9.37 Å². The fraction of sp³-hybridized carbons (Fsp3) is 0.542. The van der Waals surface area contributed by atoms with Crippen LogP contribution in [0.2, 0.25) is 0 Å². The van der Waals surface area contributed by atoms with Gasteiger partial charge in [-0.3, -0.25) is 9.59 Å². The van der Waals surface area contributed by atoms with Gasteiger partial charge in [0.1, 0.15) is 5.82 Å². The lowest BCUT2D eigenvalue weighted by atomic mass is 9.88. The molecular weight excluding hydrogens is 397 g/mol. The summed E-state index contributed by atoms with van der Waals surface area (Å²) >= 11 is 0. The maximum absolute atomic E-state index is 13.9. The average Bonchev–Trinajstić information content (AvgIpc) is 3.27. The number of nitrogens with zero attached hydrogens (tertiary/aromatic N) is 2. The number of carbonyl (C=O) groups is 2. The number of aryl methyl sites for hydroxylation is 1. The molecule has 4 rings (SSSR count). The lowest BCUT2D eigenvalue weighted by Gasteiger charge is -2.33. The van der Waals surface area contributed by atoms with E-state index in [4.69, 9.17) is 4.42 Å². The van der Waals surface area contributed by atoms with Crippen molar-refractivity contribution < 1.29 is 18.4 Å². The summed E-state index contributed by atoms with van der Waals surface area (Å²) in [5, 5.41) is 3.20. The summed E-state index contributed by atoms with van der Waals surface area (Å²) in [6, 6.07) is 6.54. The third kappa shape index (κ3) is 5.51. The highest BCUT2D eigenvalue weighted by Gasteiger charge is 2.27. The molecule has 166 valence electrons. The van der Waals surface area contributed by atoms with Gasteiger partial charge in [0.15, 0.2) is 11.7 Å². The van der Waals surface area contributed by atoms with Crippen LogP contribution in [0.4, 0.5) is 4.39 Å². The molecule has 6 nitrogen and oxygen atoms in total. The van der Waals surface area contributed by atoms with E-state index in [0.29, 0.717) is 43.1 Å². The summed E-state index contributed by atoms with van der Waals surface area (Å²) in [7, 11) is 0. The highest BCUT2D eigenvalue weighted by molar-refractivity contribution is 5.79. The minimum absolute atomic E-state index is 0.0581. The third-order valence-corrected chi connectivity index (χ3v) is 6.42. The maximum atomic E-state index is 13.9. The molecule has 0 atom stereocenters. The Balaban J connectivity index is 1.21. The number of rotatable bonds is 6. The number of carbonyl (C=O) groups excluding carboxylic acids is 2.